The van der Waals surface area contributed by atoms with Gasteiger partial charge in [-0.2, -0.15) is 10.4 Å². The number of halogens is 1. The van der Waals surface area contributed by atoms with E-state index in [1.165, 1.54) is 0 Å². The SMILES string of the molecule is Cc1c(C(=O)O)nn(-c2ccc(Cl)cc2)c1-c1cccc(C#N)c1. The van der Waals surface area contributed by atoms with Crippen LogP contribution in [0.2, 0.25) is 5.02 Å². The first-order valence-corrected chi connectivity index (χ1v) is 7.48. The summed E-state index contributed by atoms with van der Waals surface area (Å²) in [5.74, 6) is -1.10. The van der Waals surface area contributed by atoms with Crippen molar-refractivity contribution in [2.24, 2.45) is 0 Å². The molecule has 0 unspecified atom stereocenters. The lowest BCUT2D eigenvalue weighted by atomic mass is 10.0. The minimum absolute atomic E-state index is 0.0256. The molecule has 1 aromatic heterocycles. The van der Waals surface area contributed by atoms with Crippen molar-refractivity contribution in [3.63, 3.8) is 0 Å². The van der Waals surface area contributed by atoms with Gasteiger partial charge in [0, 0.05) is 16.1 Å². The highest BCUT2D eigenvalue weighted by Crippen LogP contribution is 2.29. The number of aromatic carboxylic acids is 1. The Morgan fingerprint density at radius 3 is 2.58 bits per heavy atom. The van der Waals surface area contributed by atoms with Gasteiger partial charge >= 0.3 is 5.97 Å². The Morgan fingerprint density at radius 2 is 1.96 bits per heavy atom. The molecule has 118 valence electrons. The van der Waals surface area contributed by atoms with E-state index < -0.39 is 5.97 Å². The molecule has 0 fully saturated rings. The molecule has 1 heterocycles. The first-order chi connectivity index (χ1) is 11.5. The Morgan fingerprint density at radius 1 is 1.25 bits per heavy atom. The molecule has 24 heavy (non-hydrogen) atoms. The van der Waals surface area contributed by atoms with Gasteiger partial charge in [-0.25, -0.2) is 9.48 Å². The summed E-state index contributed by atoms with van der Waals surface area (Å²) in [6, 6.07) is 16.0. The van der Waals surface area contributed by atoms with Gasteiger partial charge in [-0.1, -0.05) is 23.7 Å². The van der Waals surface area contributed by atoms with Crippen molar-refractivity contribution < 1.29 is 9.90 Å². The quantitative estimate of drug-likeness (QED) is 0.781. The van der Waals surface area contributed by atoms with Gasteiger partial charge in [0.1, 0.15) is 0 Å². The molecule has 3 aromatic rings. The maximum absolute atomic E-state index is 11.5. The van der Waals surface area contributed by atoms with Gasteiger partial charge in [0.25, 0.3) is 0 Å². The molecule has 0 atom stereocenters. The molecule has 0 bridgehead atoms. The van der Waals surface area contributed by atoms with Crippen LogP contribution in [0.3, 0.4) is 0 Å². The molecular formula is C18H12ClN3O2. The minimum atomic E-state index is -1.10. The van der Waals surface area contributed by atoms with E-state index >= 15 is 0 Å². The fourth-order valence-corrected chi connectivity index (χ4v) is 2.67. The second-order valence-corrected chi connectivity index (χ2v) is 5.64. The Labute approximate surface area is 143 Å². The number of aromatic nitrogens is 2. The number of nitrogens with zero attached hydrogens (tertiary/aromatic N) is 3. The number of rotatable bonds is 3. The van der Waals surface area contributed by atoms with Crippen LogP contribution in [0.1, 0.15) is 21.6 Å². The van der Waals surface area contributed by atoms with Crippen molar-refractivity contribution in [1.82, 2.24) is 9.78 Å². The number of nitriles is 1. The molecular weight excluding hydrogens is 326 g/mol. The Balaban J connectivity index is 2.29. The largest absolute Gasteiger partial charge is 0.476 e. The van der Waals surface area contributed by atoms with Crippen molar-refractivity contribution in [3.05, 3.63) is 70.4 Å². The van der Waals surface area contributed by atoms with Crippen LogP contribution in [-0.4, -0.2) is 20.9 Å². The zero-order valence-electron chi connectivity index (χ0n) is 12.7. The van der Waals surface area contributed by atoms with Crippen LogP contribution in [0, 0.1) is 18.3 Å². The third-order valence-electron chi connectivity index (χ3n) is 3.66. The molecule has 0 aliphatic carbocycles. The van der Waals surface area contributed by atoms with Crippen molar-refractivity contribution in [3.8, 4) is 23.0 Å². The van der Waals surface area contributed by atoms with Crippen LogP contribution < -0.4 is 0 Å². The maximum Gasteiger partial charge on any atom is 0.356 e. The zero-order valence-corrected chi connectivity index (χ0v) is 13.4. The normalized spacial score (nSPS) is 10.4. The van der Waals surface area contributed by atoms with Gasteiger partial charge in [-0.3, -0.25) is 0 Å². The molecule has 1 N–H and O–H groups in total. The van der Waals surface area contributed by atoms with E-state index in [9.17, 15) is 9.90 Å². The standard InChI is InChI=1S/C18H12ClN3O2/c1-11-16(18(23)24)21-22(15-7-5-14(19)6-8-15)17(11)13-4-2-3-12(9-13)10-20/h2-9H,1H3,(H,23,24). The van der Waals surface area contributed by atoms with Gasteiger partial charge in [0.2, 0.25) is 0 Å². The molecule has 0 radical (unpaired) electrons. The fourth-order valence-electron chi connectivity index (χ4n) is 2.54. The van der Waals surface area contributed by atoms with Gasteiger partial charge in [0.05, 0.1) is 23.0 Å². The summed E-state index contributed by atoms with van der Waals surface area (Å²) in [6.45, 7) is 1.71. The average Bonchev–Trinajstić information content (AvgIpc) is 2.93. The summed E-state index contributed by atoms with van der Waals surface area (Å²) in [5, 5.41) is 23.3. The topological polar surface area (TPSA) is 78.9 Å². The number of carbonyl (C=O) groups is 1. The highest BCUT2D eigenvalue weighted by molar-refractivity contribution is 6.30. The molecule has 0 aliphatic heterocycles. The monoisotopic (exact) mass is 337 g/mol. The van der Waals surface area contributed by atoms with Crippen LogP contribution in [0.5, 0.6) is 0 Å². The summed E-state index contributed by atoms with van der Waals surface area (Å²) < 4.78 is 1.56. The molecule has 3 rings (SSSR count). The third kappa shape index (κ3) is 2.75. The van der Waals surface area contributed by atoms with Crippen LogP contribution >= 0.6 is 11.6 Å². The summed E-state index contributed by atoms with van der Waals surface area (Å²) in [4.78, 5) is 11.5. The molecule has 0 aliphatic rings. The molecule has 0 saturated carbocycles. The second-order valence-electron chi connectivity index (χ2n) is 5.21. The Bertz CT molecular complexity index is 969. The van der Waals surface area contributed by atoms with Crippen LogP contribution in [0.4, 0.5) is 0 Å². The lowest BCUT2D eigenvalue weighted by molar-refractivity contribution is 0.0689. The number of hydrogen-bond acceptors (Lipinski definition) is 3. The van der Waals surface area contributed by atoms with Gasteiger partial charge in [-0.15, -0.1) is 0 Å². The third-order valence-corrected chi connectivity index (χ3v) is 3.91. The smallest absolute Gasteiger partial charge is 0.356 e. The van der Waals surface area contributed by atoms with E-state index in [4.69, 9.17) is 16.9 Å². The molecule has 0 spiro atoms. The first kappa shape index (κ1) is 15.8. The van der Waals surface area contributed by atoms with Crippen molar-refractivity contribution >= 4 is 17.6 Å². The van der Waals surface area contributed by atoms with E-state index in [1.54, 1.807) is 54.1 Å². The number of benzene rings is 2. The zero-order chi connectivity index (χ0) is 17.3. The Kier molecular flexibility index (Phi) is 4.07. The first-order valence-electron chi connectivity index (χ1n) is 7.10. The summed E-state index contributed by atoms with van der Waals surface area (Å²) in [7, 11) is 0. The van der Waals surface area contributed by atoms with E-state index in [1.807, 2.05) is 6.07 Å². The molecule has 2 aromatic carbocycles. The Hall–Kier alpha value is -3.10. The predicted molar refractivity (Wildman–Crippen MR) is 90.4 cm³/mol. The lowest BCUT2D eigenvalue weighted by Crippen LogP contribution is -2.02. The van der Waals surface area contributed by atoms with Crippen molar-refractivity contribution in [1.29, 1.82) is 5.26 Å². The summed E-state index contributed by atoms with van der Waals surface area (Å²) >= 11 is 5.92. The van der Waals surface area contributed by atoms with Gasteiger partial charge < -0.3 is 5.11 Å². The van der Waals surface area contributed by atoms with E-state index in [2.05, 4.69) is 11.2 Å². The van der Waals surface area contributed by atoms with E-state index in [0.29, 0.717) is 27.5 Å². The second kappa shape index (κ2) is 6.19. The summed E-state index contributed by atoms with van der Waals surface area (Å²) in [6.07, 6.45) is 0. The number of carboxylic acid groups (broad SMARTS) is 1. The van der Waals surface area contributed by atoms with Crippen LogP contribution in [0.25, 0.3) is 16.9 Å². The molecule has 6 heteroatoms. The van der Waals surface area contributed by atoms with E-state index in [-0.39, 0.29) is 5.69 Å². The molecule has 0 amide bonds. The minimum Gasteiger partial charge on any atom is -0.476 e. The van der Waals surface area contributed by atoms with Gasteiger partial charge in [0.15, 0.2) is 5.69 Å². The average molecular weight is 338 g/mol. The van der Waals surface area contributed by atoms with Crippen molar-refractivity contribution in [2.75, 3.05) is 0 Å². The van der Waals surface area contributed by atoms with Crippen LogP contribution in [-0.2, 0) is 0 Å². The number of hydrogen-bond donors (Lipinski definition) is 1. The maximum atomic E-state index is 11.5. The molecule has 0 saturated heterocycles. The lowest BCUT2D eigenvalue weighted by Gasteiger charge is -2.09. The molecule has 5 nitrogen and oxygen atoms in total. The summed E-state index contributed by atoms with van der Waals surface area (Å²) in [5.41, 5.74) is 3.04. The van der Waals surface area contributed by atoms with E-state index in [0.717, 1.165) is 5.56 Å². The van der Waals surface area contributed by atoms with Gasteiger partial charge in [-0.05, 0) is 43.3 Å². The highest BCUT2D eigenvalue weighted by atomic mass is 35.5. The highest BCUT2D eigenvalue weighted by Gasteiger charge is 2.21. The van der Waals surface area contributed by atoms with Crippen LogP contribution in [0.15, 0.2) is 48.5 Å². The fraction of sp³-hybridized carbons (Fsp3) is 0.0556. The number of carboxylic acids is 1. The van der Waals surface area contributed by atoms with Crippen molar-refractivity contribution in [2.45, 2.75) is 6.92 Å². The predicted octanol–water partition coefficient (Wildman–Crippen LogP) is 4.07.